The largest absolute Gasteiger partial charge is 0.357 e. The summed E-state index contributed by atoms with van der Waals surface area (Å²) in [6, 6.07) is 17.4. The van der Waals surface area contributed by atoms with E-state index in [-0.39, 0.29) is 23.0 Å². The number of hydrogen-bond acceptors (Lipinski definition) is 3. The number of Topliss-reactive ketones (excluding diaryl/α,β-unsaturated/α-hetero) is 1. The van der Waals surface area contributed by atoms with E-state index in [0.717, 1.165) is 34.6 Å². The van der Waals surface area contributed by atoms with E-state index in [1.165, 1.54) is 0 Å². The molecule has 0 radical (unpaired) electrons. The third-order valence-electron chi connectivity index (χ3n) is 5.87. The van der Waals surface area contributed by atoms with Crippen molar-refractivity contribution in [2.45, 2.75) is 53.0 Å². The second-order valence-electron chi connectivity index (χ2n) is 9.65. The lowest BCUT2D eigenvalue weighted by molar-refractivity contribution is -0.120. The highest BCUT2D eigenvalue weighted by Gasteiger charge is 2.43. The molecule has 1 aliphatic heterocycles. The van der Waals surface area contributed by atoms with Gasteiger partial charge >= 0.3 is 0 Å². The van der Waals surface area contributed by atoms with Crippen molar-refractivity contribution in [1.29, 1.82) is 0 Å². The molecule has 2 aromatic rings. The molecule has 0 saturated carbocycles. The number of benzene rings is 2. The highest BCUT2D eigenvalue weighted by atomic mass is 16.2. The first-order valence-electron chi connectivity index (χ1n) is 10.8. The van der Waals surface area contributed by atoms with Crippen molar-refractivity contribution >= 4 is 23.1 Å². The van der Waals surface area contributed by atoms with Crippen molar-refractivity contribution in [2.75, 3.05) is 10.2 Å². The van der Waals surface area contributed by atoms with Gasteiger partial charge < -0.3 is 5.32 Å². The van der Waals surface area contributed by atoms with Crippen molar-refractivity contribution in [3.63, 3.8) is 0 Å². The van der Waals surface area contributed by atoms with Crippen LogP contribution < -0.4 is 10.2 Å². The summed E-state index contributed by atoms with van der Waals surface area (Å²) in [5.41, 5.74) is 4.24. The molecular weight excluding hydrogens is 372 g/mol. The summed E-state index contributed by atoms with van der Waals surface area (Å²) >= 11 is 0. The van der Waals surface area contributed by atoms with Gasteiger partial charge in [-0.15, -0.1) is 0 Å². The zero-order valence-electron chi connectivity index (χ0n) is 18.2. The molecule has 4 rings (SSSR count). The molecule has 4 heteroatoms. The fourth-order valence-electron chi connectivity index (χ4n) is 4.66. The predicted molar refractivity (Wildman–Crippen MR) is 121 cm³/mol. The monoisotopic (exact) mass is 402 g/mol. The summed E-state index contributed by atoms with van der Waals surface area (Å²) in [7, 11) is 0. The van der Waals surface area contributed by atoms with Crippen LogP contribution in [0.1, 0.15) is 58.6 Å². The lowest BCUT2D eigenvalue weighted by Gasteiger charge is -2.37. The highest BCUT2D eigenvalue weighted by molar-refractivity contribution is 6.06. The number of nitrogens with zero attached hydrogens (tertiary/aromatic N) is 1. The number of hydrogen-bond donors (Lipinski definition) is 1. The Labute approximate surface area is 179 Å². The summed E-state index contributed by atoms with van der Waals surface area (Å²) in [6.07, 6.45) is 1.69. The molecule has 30 heavy (non-hydrogen) atoms. The third-order valence-corrected chi connectivity index (χ3v) is 5.87. The Morgan fingerprint density at radius 3 is 2.43 bits per heavy atom. The minimum Gasteiger partial charge on any atom is -0.357 e. The average molecular weight is 403 g/mol. The van der Waals surface area contributed by atoms with Crippen LogP contribution >= 0.6 is 0 Å². The van der Waals surface area contributed by atoms with Crippen LogP contribution in [0.25, 0.3) is 0 Å². The molecule has 1 unspecified atom stereocenters. The summed E-state index contributed by atoms with van der Waals surface area (Å²) in [4.78, 5) is 28.9. The fraction of sp³-hybridized carbons (Fsp3) is 0.385. The Morgan fingerprint density at radius 2 is 1.73 bits per heavy atom. The second kappa shape index (κ2) is 7.75. The second-order valence-corrected chi connectivity index (χ2v) is 9.65. The number of nitrogens with one attached hydrogen (secondary N) is 1. The van der Waals surface area contributed by atoms with Crippen molar-refractivity contribution in [3.8, 4) is 0 Å². The van der Waals surface area contributed by atoms with E-state index in [2.05, 4.69) is 33.0 Å². The van der Waals surface area contributed by atoms with Gasteiger partial charge in [-0.2, -0.15) is 0 Å². The van der Waals surface area contributed by atoms with E-state index in [0.29, 0.717) is 12.8 Å². The van der Waals surface area contributed by atoms with Crippen LogP contribution in [0.4, 0.5) is 11.4 Å². The van der Waals surface area contributed by atoms with E-state index in [4.69, 9.17) is 0 Å². The van der Waals surface area contributed by atoms with Crippen LogP contribution in [-0.2, 0) is 9.59 Å². The molecule has 0 aromatic heterocycles. The van der Waals surface area contributed by atoms with Gasteiger partial charge in [0.05, 0.1) is 17.4 Å². The van der Waals surface area contributed by atoms with Crippen LogP contribution in [-0.4, -0.2) is 11.7 Å². The smallest absolute Gasteiger partial charge is 0.228 e. The lowest BCUT2D eigenvalue weighted by Crippen LogP contribution is -2.39. The zero-order chi connectivity index (χ0) is 21.5. The number of carbonyl (C=O) groups is 2. The van der Waals surface area contributed by atoms with Crippen molar-refractivity contribution in [2.24, 2.45) is 11.3 Å². The zero-order valence-corrected chi connectivity index (χ0v) is 18.2. The number of rotatable bonds is 3. The summed E-state index contributed by atoms with van der Waals surface area (Å²) in [6.45, 7) is 8.37. The number of fused-ring (bicyclic) bond motifs is 1. The molecule has 156 valence electrons. The van der Waals surface area contributed by atoms with E-state index >= 15 is 0 Å². The Hall–Kier alpha value is -2.88. The number of ketones is 1. The molecule has 2 aromatic carbocycles. The van der Waals surface area contributed by atoms with Gasteiger partial charge in [-0.05, 0) is 35.4 Å². The normalized spacial score (nSPS) is 20.4. The maximum absolute atomic E-state index is 13.6. The number of carbonyl (C=O) groups excluding carboxylic acids is 2. The number of anilines is 2. The minimum absolute atomic E-state index is 0.0412. The molecule has 1 aliphatic carbocycles. The summed E-state index contributed by atoms with van der Waals surface area (Å²) in [5, 5.41) is 3.55. The molecule has 2 aliphatic rings. The Balaban J connectivity index is 1.98. The van der Waals surface area contributed by atoms with Gasteiger partial charge in [-0.1, -0.05) is 70.2 Å². The van der Waals surface area contributed by atoms with Gasteiger partial charge in [-0.25, -0.2) is 0 Å². The van der Waals surface area contributed by atoms with E-state index in [9.17, 15) is 9.59 Å². The number of amides is 1. The van der Waals surface area contributed by atoms with E-state index in [1.54, 1.807) is 0 Å². The standard InChI is InChI=1S/C26H30N2O2/c1-17(2)14-23(30)28-21-13-9-8-12-19(21)27-20-15-26(3,4)16-22(29)24(20)25(28)18-10-6-5-7-11-18/h5-13,17,25,27H,14-16H2,1-4H3. The van der Waals surface area contributed by atoms with Gasteiger partial charge in [0.1, 0.15) is 0 Å². The van der Waals surface area contributed by atoms with E-state index in [1.807, 2.05) is 59.5 Å². The van der Waals surface area contributed by atoms with Crippen LogP contribution in [0.15, 0.2) is 65.9 Å². The van der Waals surface area contributed by atoms with Crippen LogP contribution in [0, 0.1) is 11.3 Å². The van der Waals surface area contributed by atoms with Gasteiger partial charge in [0.15, 0.2) is 5.78 Å². The average Bonchev–Trinajstić information content (AvgIpc) is 2.81. The van der Waals surface area contributed by atoms with E-state index < -0.39 is 6.04 Å². The minimum atomic E-state index is -0.424. The first kappa shape index (κ1) is 20.4. The Morgan fingerprint density at radius 1 is 1.07 bits per heavy atom. The van der Waals surface area contributed by atoms with Crippen molar-refractivity contribution in [3.05, 3.63) is 71.4 Å². The van der Waals surface area contributed by atoms with Gasteiger partial charge in [-0.3, -0.25) is 14.5 Å². The van der Waals surface area contributed by atoms with Gasteiger partial charge in [0, 0.05) is 24.1 Å². The molecule has 0 saturated heterocycles. The Kier molecular flexibility index (Phi) is 5.27. The first-order chi connectivity index (χ1) is 14.3. The van der Waals surface area contributed by atoms with Gasteiger partial charge in [0.25, 0.3) is 0 Å². The SMILES string of the molecule is CC(C)CC(=O)N1c2ccccc2NC2=C(C(=O)CC(C)(C)C2)C1c1ccccc1. The maximum atomic E-state index is 13.6. The maximum Gasteiger partial charge on any atom is 0.228 e. The van der Waals surface area contributed by atoms with Crippen LogP contribution in [0.2, 0.25) is 0 Å². The molecule has 4 nitrogen and oxygen atoms in total. The van der Waals surface area contributed by atoms with Crippen molar-refractivity contribution < 1.29 is 9.59 Å². The highest BCUT2D eigenvalue weighted by Crippen LogP contribution is 2.48. The summed E-state index contributed by atoms with van der Waals surface area (Å²) in [5.74, 6) is 0.393. The number of para-hydroxylation sites is 2. The topological polar surface area (TPSA) is 49.4 Å². The molecule has 1 N–H and O–H groups in total. The fourth-order valence-corrected chi connectivity index (χ4v) is 4.66. The molecule has 1 amide bonds. The first-order valence-corrected chi connectivity index (χ1v) is 10.8. The molecular formula is C26H30N2O2. The van der Waals surface area contributed by atoms with Crippen molar-refractivity contribution in [1.82, 2.24) is 0 Å². The molecule has 1 heterocycles. The predicted octanol–water partition coefficient (Wildman–Crippen LogP) is 5.88. The molecule has 1 atom stereocenters. The lowest BCUT2D eigenvalue weighted by atomic mass is 9.73. The third kappa shape index (κ3) is 3.79. The van der Waals surface area contributed by atoms with Gasteiger partial charge in [0.2, 0.25) is 5.91 Å². The van der Waals surface area contributed by atoms with Crippen LogP contribution in [0.5, 0.6) is 0 Å². The quantitative estimate of drug-likeness (QED) is 0.698. The Bertz CT molecular complexity index is 1000. The molecule has 0 fully saturated rings. The molecule has 0 bridgehead atoms. The summed E-state index contributed by atoms with van der Waals surface area (Å²) < 4.78 is 0. The molecule has 0 spiro atoms. The number of allylic oxidation sites excluding steroid dienone is 1. The van der Waals surface area contributed by atoms with Crippen LogP contribution in [0.3, 0.4) is 0 Å².